The second kappa shape index (κ2) is 6.71. The van der Waals surface area contributed by atoms with Crippen molar-refractivity contribution in [1.82, 2.24) is 10.8 Å². The Bertz CT molecular complexity index is 147. The van der Waals surface area contributed by atoms with E-state index in [2.05, 4.69) is 24.6 Å². The highest BCUT2D eigenvalue weighted by Gasteiger charge is 2.01. The largest absolute Gasteiger partial charge is 0.338 e. The van der Waals surface area contributed by atoms with Crippen molar-refractivity contribution >= 4 is 6.03 Å². The quantitative estimate of drug-likeness (QED) is 0.509. The molecular weight excluding hydrogens is 168 g/mol. The standard InChI is InChI=1S/C9H20N2O2/c1-7(2)5-6-13-11-9(12)10-8(3)4/h7-8H,5-6H2,1-4H3,(H2,10,11,12). The highest BCUT2D eigenvalue weighted by molar-refractivity contribution is 5.72. The molecule has 0 saturated carbocycles. The maximum atomic E-state index is 11.0. The van der Waals surface area contributed by atoms with Crippen LogP contribution in [0, 0.1) is 5.92 Å². The maximum Gasteiger partial charge on any atom is 0.338 e. The highest BCUT2D eigenvalue weighted by Crippen LogP contribution is 1.97. The summed E-state index contributed by atoms with van der Waals surface area (Å²) in [7, 11) is 0. The lowest BCUT2D eigenvalue weighted by Gasteiger charge is -2.10. The zero-order chi connectivity index (χ0) is 10.3. The van der Waals surface area contributed by atoms with Gasteiger partial charge in [-0.2, -0.15) is 0 Å². The minimum atomic E-state index is -0.279. The van der Waals surface area contributed by atoms with Crippen molar-refractivity contribution in [3.05, 3.63) is 0 Å². The topological polar surface area (TPSA) is 50.4 Å². The van der Waals surface area contributed by atoms with Crippen molar-refractivity contribution in [3.63, 3.8) is 0 Å². The molecule has 0 unspecified atom stereocenters. The molecule has 13 heavy (non-hydrogen) atoms. The van der Waals surface area contributed by atoms with E-state index < -0.39 is 0 Å². The Morgan fingerprint density at radius 3 is 2.38 bits per heavy atom. The van der Waals surface area contributed by atoms with Crippen LogP contribution in [0.1, 0.15) is 34.1 Å². The van der Waals surface area contributed by atoms with Gasteiger partial charge in [-0.25, -0.2) is 10.3 Å². The molecular formula is C9H20N2O2. The van der Waals surface area contributed by atoms with Gasteiger partial charge < -0.3 is 5.32 Å². The summed E-state index contributed by atoms with van der Waals surface area (Å²) < 4.78 is 0. The summed E-state index contributed by atoms with van der Waals surface area (Å²) in [5.74, 6) is 0.593. The van der Waals surface area contributed by atoms with Gasteiger partial charge in [-0.05, 0) is 26.2 Å². The van der Waals surface area contributed by atoms with E-state index in [0.29, 0.717) is 12.5 Å². The van der Waals surface area contributed by atoms with Gasteiger partial charge in [0.2, 0.25) is 0 Å². The molecule has 0 aliphatic carbocycles. The van der Waals surface area contributed by atoms with Crippen LogP contribution in [0.2, 0.25) is 0 Å². The number of carbonyl (C=O) groups is 1. The fraction of sp³-hybridized carbons (Fsp3) is 0.889. The maximum absolute atomic E-state index is 11.0. The first kappa shape index (κ1) is 12.2. The first-order valence-electron chi connectivity index (χ1n) is 4.70. The fourth-order valence-corrected chi connectivity index (χ4v) is 0.703. The lowest BCUT2D eigenvalue weighted by atomic mass is 10.1. The van der Waals surface area contributed by atoms with Crippen molar-refractivity contribution in [2.45, 2.75) is 40.2 Å². The minimum Gasteiger partial charge on any atom is -0.334 e. The van der Waals surface area contributed by atoms with Crippen molar-refractivity contribution in [2.75, 3.05) is 6.61 Å². The number of nitrogens with one attached hydrogen (secondary N) is 2. The average molecular weight is 188 g/mol. The predicted molar refractivity (Wildman–Crippen MR) is 52.2 cm³/mol. The molecule has 0 aliphatic heterocycles. The Kier molecular flexibility index (Phi) is 6.32. The molecule has 0 radical (unpaired) electrons. The van der Waals surface area contributed by atoms with E-state index >= 15 is 0 Å². The third-order valence-corrected chi connectivity index (χ3v) is 1.38. The zero-order valence-corrected chi connectivity index (χ0v) is 8.89. The van der Waals surface area contributed by atoms with Crippen LogP contribution in [-0.4, -0.2) is 18.7 Å². The fourth-order valence-electron chi connectivity index (χ4n) is 0.703. The highest BCUT2D eigenvalue weighted by atomic mass is 16.7. The summed E-state index contributed by atoms with van der Waals surface area (Å²) >= 11 is 0. The van der Waals surface area contributed by atoms with E-state index in [4.69, 9.17) is 4.84 Å². The Morgan fingerprint density at radius 1 is 1.31 bits per heavy atom. The molecule has 0 aromatic rings. The molecule has 0 bridgehead atoms. The summed E-state index contributed by atoms with van der Waals surface area (Å²) in [6.45, 7) is 8.57. The van der Waals surface area contributed by atoms with E-state index in [0.717, 1.165) is 6.42 Å². The molecule has 0 spiro atoms. The Balaban J connectivity index is 3.27. The molecule has 0 rings (SSSR count). The molecule has 2 N–H and O–H groups in total. The van der Waals surface area contributed by atoms with Gasteiger partial charge in [0, 0.05) is 6.04 Å². The Morgan fingerprint density at radius 2 is 1.92 bits per heavy atom. The van der Waals surface area contributed by atoms with Gasteiger partial charge in [0.25, 0.3) is 0 Å². The van der Waals surface area contributed by atoms with Crippen molar-refractivity contribution < 1.29 is 9.63 Å². The van der Waals surface area contributed by atoms with E-state index in [1.807, 2.05) is 13.8 Å². The van der Waals surface area contributed by atoms with Crippen LogP contribution in [0.5, 0.6) is 0 Å². The Labute approximate surface area is 80.0 Å². The molecule has 0 aliphatic rings. The molecule has 2 amide bonds. The van der Waals surface area contributed by atoms with Gasteiger partial charge in [0.15, 0.2) is 0 Å². The Hall–Kier alpha value is -0.770. The van der Waals surface area contributed by atoms with Gasteiger partial charge in [0.1, 0.15) is 0 Å². The number of amides is 2. The zero-order valence-electron chi connectivity index (χ0n) is 8.89. The second-order valence-corrected chi connectivity index (χ2v) is 3.76. The molecule has 0 heterocycles. The van der Waals surface area contributed by atoms with Gasteiger partial charge in [0.05, 0.1) is 6.61 Å². The van der Waals surface area contributed by atoms with Gasteiger partial charge in [-0.15, -0.1) is 0 Å². The van der Waals surface area contributed by atoms with E-state index in [-0.39, 0.29) is 12.1 Å². The lowest BCUT2D eigenvalue weighted by Crippen LogP contribution is -2.39. The lowest BCUT2D eigenvalue weighted by molar-refractivity contribution is 0.0538. The summed E-state index contributed by atoms with van der Waals surface area (Å²) in [6, 6.07) is -0.146. The van der Waals surface area contributed by atoms with Crippen molar-refractivity contribution in [1.29, 1.82) is 0 Å². The first-order valence-corrected chi connectivity index (χ1v) is 4.70. The third-order valence-electron chi connectivity index (χ3n) is 1.38. The van der Waals surface area contributed by atoms with Crippen LogP contribution in [0.3, 0.4) is 0 Å². The average Bonchev–Trinajstić information content (AvgIpc) is 1.96. The number of hydrogen-bond acceptors (Lipinski definition) is 2. The number of carbonyl (C=O) groups excluding carboxylic acids is 1. The van der Waals surface area contributed by atoms with Crippen LogP contribution in [0.4, 0.5) is 4.79 Å². The molecule has 0 aromatic heterocycles. The number of urea groups is 1. The number of hydrogen-bond donors (Lipinski definition) is 2. The summed E-state index contributed by atoms with van der Waals surface area (Å²) in [5.41, 5.74) is 2.32. The van der Waals surface area contributed by atoms with Crippen molar-refractivity contribution in [3.8, 4) is 0 Å². The van der Waals surface area contributed by atoms with E-state index in [1.165, 1.54) is 0 Å². The normalized spacial score (nSPS) is 10.6. The predicted octanol–water partition coefficient (Wildman–Crippen LogP) is 1.67. The summed E-state index contributed by atoms with van der Waals surface area (Å²) in [6.07, 6.45) is 0.946. The molecule has 0 fully saturated rings. The summed E-state index contributed by atoms with van der Waals surface area (Å²) in [5, 5.41) is 2.66. The smallest absolute Gasteiger partial charge is 0.334 e. The monoisotopic (exact) mass is 188 g/mol. The molecule has 4 heteroatoms. The third kappa shape index (κ3) is 9.14. The second-order valence-electron chi connectivity index (χ2n) is 3.76. The molecule has 78 valence electrons. The molecule has 0 atom stereocenters. The number of rotatable bonds is 5. The van der Waals surface area contributed by atoms with Crippen LogP contribution < -0.4 is 10.8 Å². The van der Waals surface area contributed by atoms with Crippen LogP contribution >= 0.6 is 0 Å². The van der Waals surface area contributed by atoms with Crippen LogP contribution in [-0.2, 0) is 4.84 Å². The van der Waals surface area contributed by atoms with E-state index in [9.17, 15) is 4.79 Å². The molecule has 0 aromatic carbocycles. The number of hydroxylamine groups is 1. The van der Waals surface area contributed by atoms with Gasteiger partial charge >= 0.3 is 6.03 Å². The first-order chi connectivity index (χ1) is 6.02. The van der Waals surface area contributed by atoms with Crippen LogP contribution in [0.25, 0.3) is 0 Å². The van der Waals surface area contributed by atoms with E-state index in [1.54, 1.807) is 0 Å². The SMILES string of the molecule is CC(C)CCONC(=O)NC(C)C. The minimum absolute atomic E-state index is 0.133. The van der Waals surface area contributed by atoms with Crippen molar-refractivity contribution in [2.24, 2.45) is 5.92 Å². The van der Waals surface area contributed by atoms with Gasteiger partial charge in [-0.3, -0.25) is 4.84 Å². The van der Waals surface area contributed by atoms with Crippen LogP contribution in [0.15, 0.2) is 0 Å². The molecule has 4 nitrogen and oxygen atoms in total. The van der Waals surface area contributed by atoms with Gasteiger partial charge in [-0.1, -0.05) is 13.8 Å². The molecule has 0 saturated heterocycles. The summed E-state index contributed by atoms with van der Waals surface area (Å²) in [4.78, 5) is 15.9.